The Kier molecular flexibility index (Phi) is 4.61. The first-order valence-electron chi connectivity index (χ1n) is 4.16. The van der Waals surface area contributed by atoms with E-state index in [1.54, 1.807) is 14.2 Å². The molecule has 0 amide bonds. The molecule has 0 unspecified atom stereocenters. The molecule has 13 heavy (non-hydrogen) atoms. The Balaban J connectivity index is 2.65. The van der Waals surface area contributed by atoms with Gasteiger partial charge in [-0.15, -0.1) is 0 Å². The molecule has 1 saturated heterocycles. The molecule has 0 saturated carbocycles. The van der Waals surface area contributed by atoms with Crippen LogP contribution in [0.5, 0.6) is 0 Å². The Morgan fingerprint density at radius 3 is 2.15 bits per heavy atom. The van der Waals surface area contributed by atoms with Crippen molar-refractivity contribution in [2.45, 2.75) is 24.4 Å². The first-order chi connectivity index (χ1) is 6.28. The summed E-state index contributed by atoms with van der Waals surface area (Å²) in [5.74, 6) is 0. The van der Waals surface area contributed by atoms with E-state index in [9.17, 15) is 0 Å². The summed E-state index contributed by atoms with van der Waals surface area (Å²) in [6, 6.07) is 0. The van der Waals surface area contributed by atoms with E-state index in [2.05, 4.69) is 15.9 Å². The van der Waals surface area contributed by atoms with Gasteiger partial charge in [0, 0.05) is 19.5 Å². The highest BCUT2D eigenvalue weighted by atomic mass is 79.9. The number of hydrogen-bond acceptors (Lipinski definition) is 4. The quantitative estimate of drug-likeness (QED) is 0.727. The monoisotopic (exact) mass is 254 g/mol. The highest BCUT2D eigenvalue weighted by Crippen LogP contribution is 2.26. The Morgan fingerprint density at radius 2 is 1.77 bits per heavy atom. The van der Waals surface area contributed by atoms with E-state index < -0.39 is 0 Å². The van der Waals surface area contributed by atoms with Crippen LogP contribution in [-0.2, 0) is 14.2 Å². The van der Waals surface area contributed by atoms with Crippen LogP contribution in [0.3, 0.4) is 0 Å². The van der Waals surface area contributed by atoms with Crippen LogP contribution in [0.4, 0.5) is 0 Å². The molecule has 0 aliphatic carbocycles. The molecule has 5 heteroatoms. The number of ether oxygens (including phenoxy) is 3. The van der Waals surface area contributed by atoms with E-state index in [1.807, 2.05) is 0 Å². The second kappa shape index (κ2) is 5.26. The summed E-state index contributed by atoms with van der Waals surface area (Å²) in [6.07, 6.45) is -0.622. The largest absolute Gasteiger partial charge is 0.394 e. The predicted molar refractivity (Wildman–Crippen MR) is 51.1 cm³/mol. The zero-order valence-corrected chi connectivity index (χ0v) is 9.36. The average Bonchev–Trinajstić information content (AvgIpc) is 2.54. The summed E-state index contributed by atoms with van der Waals surface area (Å²) < 4.78 is 16.0. The van der Waals surface area contributed by atoms with Gasteiger partial charge < -0.3 is 19.3 Å². The summed E-state index contributed by atoms with van der Waals surface area (Å²) in [7, 11) is 3.22. The van der Waals surface area contributed by atoms with Crippen molar-refractivity contribution in [2.24, 2.45) is 0 Å². The van der Waals surface area contributed by atoms with Gasteiger partial charge in [-0.1, -0.05) is 15.9 Å². The van der Waals surface area contributed by atoms with E-state index in [4.69, 9.17) is 19.3 Å². The van der Waals surface area contributed by atoms with Crippen molar-refractivity contribution >= 4 is 15.9 Å². The number of halogens is 1. The third-order valence-corrected chi connectivity index (χ3v) is 2.92. The molecule has 0 aromatic rings. The number of hydrogen-bond donors (Lipinski definition) is 1. The van der Waals surface area contributed by atoms with Crippen LogP contribution >= 0.6 is 15.9 Å². The van der Waals surface area contributed by atoms with Crippen molar-refractivity contribution in [1.29, 1.82) is 0 Å². The van der Waals surface area contributed by atoms with Gasteiger partial charge in [-0.05, 0) is 0 Å². The highest BCUT2D eigenvalue weighted by Gasteiger charge is 2.44. The van der Waals surface area contributed by atoms with Crippen molar-refractivity contribution in [3.63, 3.8) is 0 Å². The van der Waals surface area contributed by atoms with Crippen molar-refractivity contribution in [3.05, 3.63) is 0 Å². The molecule has 1 fully saturated rings. The lowest BCUT2D eigenvalue weighted by Crippen LogP contribution is -2.37. The van der Waals surface area contributed by atoms with Crippen molar-refractivity contribution in [3.8, 4) is 0 Å². The Hall–Kier alpha value is 0.320. The second-order valence-corrected chi connectivity index (χ2v) is 3.60. The molecule has 0 bridgehead atoms. The Labute approximate surface area is 86.3 Å². The van der Waals surface area contributed by atoms with Crippen LogP contribution in [0.15, 0.2) is 0 Å². The predicted octanol–water partition coefficient (Wildman–Crippen LogP) is 0.171. The first kappa shape index (κ1) is 11.4. The fourth-order valence-electron chi connectivity index (χ4n) is 1.65. The molecule has 0 spiro atoms. The summed E-state index contributed by atoms with van der Waals surface area (Å²) in [5.41, 5.74) is 0. The van der Waals surface area contributed by atoms with Gasteiger partial charge in [-0.2, -0.15) is 0 Å². The molecule has 1 aliphatic rings. The minimum atomic E-state index is -0.280. The van der Waals surface area contributed by atoms with Gasteiger partial charge in [-0.25, -0.2) is 0 Å². The SMILES string of the molecule is CO[C@H]1[C@H](OC)[C@@H](CBr)O[C@H]1CO. The van der Waals surface area contributed by atoms with Gasteiger partial charge in [-0.3, -0.25) is 0 Å². The number of alkyl halides is 1. The fourth-order valence-corrected chi connectivity index (χ4v) is 2.17. The molecule has 4 nitrogen and oxygen atoms in total. The maximum Gasteiger partial charge on any atom is 0.114 e. The third-order valence-electron chi connectivity index (χ3n) is 2.28. The van der Waals surface area contributed by atoms with Crippen LogP contribution < -0.4 is 0 Å². The topological polar surface area (TPSA) is 47.9 Å². The van der Waals surface area contributed by atoms with Crippen LogP contribution in [0, 0.1) is 0 Å². The van der Waals surface area contributed by atoms with Crippen LogP contribution in [0.1, 0.15) is 0 Å². The summed E-state index contributed by atoms with van der Waals surface area (Å²) in [5, 5.41) is 9.70. The molecular weight excluding hydrogens is 240 g/mol. The number of rotatable bonds is 4. The highest BCUT2D eigenvalue weighted by molar-refractivity contribution is 9.09. The molecule has 1 aliphatic heterocycles. The summed E-state index contributed by atoms with van der Waals surface area (Å²) in [4.78, 5) is 0. The summed E-state index contributed by atoms with van der Waals surface area (Å²) in [6.45, 7) is -0.0398. The smallest absolute Gasteiger partial charge is 0.114 e. The number of aliphatic hydroxyl groups is 1. The molecule has 0 aromatic carbocycles. The molecule has 1 rings (SSSR count). The van der Waals surface area contributed by atoms with Crippen LogP contribution in [0.25, 0.3) is 0 Å². The van der Waals surface area contributed by atoms with Gasteiger partial charge in [0.25, 0.3) is 0 Å². The van der Waals surface area contributed by atoms with Gasteiger partial charge >= 0.3 is 0 Å². The van der Waals surface area contributed by atoms with E-state index in [1.165, 1.54) is 0 Å². The van der Waals surface area contributed by atoms with Gasteiger partial charge in [0.1, 0.15) is 18.3 Å². The van der Waals surface area contributed by atoms with Gasteiger partial charge in [0.05, 0.1) is 12.7 Å². The standard InChI is InChI=1S/C8H15BrO4/c1-11-7-5(3-9)13-6(4-10)8(7)12-2/h5-8,10H,3-4H2,1-2H3/t5-,6+,7-,8-/m1/s1. The molecule has 0 aromatic heterocycles. The van der Waals surface area contributed by atoms with E-state index in [0.717, 1.165) is 0 Å². The number of aliphatic hydroxyl groups excluding tert-OH is 1. The summed E-state index contributed by atoms with van der Waals surface area (Å²) >= 11 is 3.33. The fraction of sp³-hybridized carbons (Fsp3) is 1.00. The molecule has 4 atom stereocenters. The van der Waals surface area contributed by atoms with E-state index >= 15 is 0 Å². The first-order valence-corrected chi connectivity index (χ1v) is 5.28. The normalized spacial score (nSPS) is 39.7. The lowest BCUT2D eigenvalue weighted by molar-refractivity contribution is -0.0397. The van der Waals surface area contributed by atoms with Crippen molar-refractivity contribution < 1.29 is 19.3 Å². The molecule has 1 N–H and O–H groups in total. The molecular formula is C8H15BrO4. The minimum absolute atomic E-state index is 0.0398. The van der Waals surface area contributed by atoms with Crippen LogP contribution in [-0.4, -0.2) is 55.7 Å². The minimum Gasteiger partial charge on any atom is -0.394 e. The second-order valence-electron chi connectivity index (χ2n) is 2.95. The average molecular weight is 255 g/mol. The number of methoxy groups -OCH3 is 2. The van der Waals surface area contributed by atoms with E-state index in [-0.39, 0.29) is 31.0 Å². The van der Waals surface area contributed by atoms with E-state index in [0.29, 0.717) is 5.33 Å². The maximum atomic E-state index is 9.02. The Bertz CT molecular complexity index is 139. The Morgan fingerprint density at radius 1 is 1.23 bits per heavy atom. The van der Waals surface area contributed by atoms with Crippen molar-refractivity contribution in [2.75, 3.05) is 26.2 Å². The molecule has 0 radical (unpaired) electrons. The lowest BCUT2D eigenvalue weighted by atomic mass is 10.1. The lowest BCUT2D eigenvalue weighted by Gasteiger charge is -2.19. The van der Waals surface area contributed by atoms with Gasteiger partial charge in [0.2, 0.25) is 0 Å². The van der Waals surface area contributed by atoms with Crippen molar-refractivity contribution in [1.82, 2.24) is 0 Å². The zero-order valence-electron chi connectivity index (χ0n) is 7.77. The zero-order chi connectivity index (χ0) is 9.84. The molecule has 1 heterocycles. The third kappa shape index (κ3) is 2.22. The maximum absolute atomic E-state index is 9.02. The van der Waals surface area contributed by atoms with Gasteiger partial charge in [0.15, 0.2) is 0 Å². The van der Waals surface area contributed by atoms with Crippen LogP contribution in [0.2, 0.25) is 0 Å². The molecule has 78 valence electrons.